The SMILES string of the molecule is CC1=C(CCO)C(C)(C)CC(O)C1=O. The predicted molar refractivity (Wildman–Crippen MR) is 53.8 cm³/mol. The average Bonchev–Trinajstić information content (AvgIpc) is 2.08. The highest BCUT2D eigenvalue weighted by atomic mass is 16.3. The van der Waals surface area contributed by atoms with Gasteiger partial charge in [0.1, 0.15) is 6.10 Å². The van der Waals surface area contributed by atoms with Gasteiger partial charge in [-0.3, -0.25) is 4.79 Å². The van der Waals surface area contributed by atoms with Crippen molar-refractivity contribution in [3.05, 3.63) is 11.1 Å². The van der Waals surface area contributed by atoms with E-state index in [1.165, 1.54) is 0 Å². The molecular weight excluding hydrogens is 180 g/mol. The fraction of sp³-hybridized carbons (Fsp3) is 0.727. The van der Waals surface area contributed by atoms with Crippen LogP contribution in [-0.4, -0.2) is 28.7 Å². The molecule has 0 aromatic carbocycles. The lowest BCUT2D eigenvalue weighted by Crippen LogP contribution is -2.36. The zero-order valence-corrected chi connectivity index (χ0v) is 9.00. The number of hydrogen-bond donors (Lipinski definition) is 2. The fourth-order valence-electron chi connectivity index (χ4n) is 2.24. The third-order valence-corrected chi connectivity index (χ3v) is 3.01. The van der Waals surface area contributed by atoms with E-state index in [4.69, 9.17) is 5.11 Å². The molecule has 0 aliphatic heterocycles. The molecule has 3 heteroatoms. The molecule has 1 rings (SSSR count). The Morgan fingerprint density at radius 2 is 2.07 bits per heavy atom. The third kappa shape index (κ3) is 1.88. The summed E-state index contributed by atoms with van der Waals surface area (Å²) >= 11 is 0. The van der Waals surface area contributed by atoms with Gasteiger partial charge in [-0.1, -0.05) is 19.4 Å². The van der Waals surface area contributed by atoms with Crippen molar-refractivity contribution in [2.45, 2.75) is 39.7 Å². The van der Waals surface area contributed by atoms with E-state index in [2.05, 4.69) is 0 Å². The van der Waals surface area contributed by atoms with Gasteiger partial charge in [-0.2, -0.15) is 0 Å². The summed E-state index contributed by atoms with van der Waals surface area (Å²) in [7, 11) is 0. The Bertz CT molecular complexity index is 276. The number of ketones is 1. The van der Waals surface area contributed by atoms with Crippen LogP contribution in [0, 0.1) is 5.41 Å². The molecule has 0 saturated heterocycles. The lowest BCUT2D eigenvalue weighted by molar-refractivity contribution is -0.125. The van der Waals surface area contributed by atoms with Gasteiger partial charge < -0.3 is 10.2 Å². The Labute approximate surface area is 84.4 Å². The molecule has 0 spiro atoms. The maximum Gasteiger partial charge on any atom is 0.186 e. The van der Waals surface area contributed by atoms with Crippen LogP contribution in [0.3, 0.4) is 0 Å². The molecule has 0 amide bonds. The molecule has 0 aromatic rings. The molecule has 0 bridgehead atoms. The molecule has 80 valence electrons. The molecule has 0 heterocycles. The first kappa shape index (κ1) is 11.4. The largest absolute Gasteiger partial charge is 0.396 e. The van der Waals surface area contributed by atoms with Gasteiger partial charge in [0, 0.05) is 6.61 Å². The predicted octanol–water partition coefficient (Wildman–Crippen LogP) is 1.05. The molecule has 1 aliphatic carbocycles. The zero-order valence-electron chi connectivity index (χ0n) is 9.00. The van der Waals surface area contributed by atoms with Gasteiger partial charge in [0.25, 0.3) is 0 Å². The molecule has 0 fully saturated rings. The van der Waals surface area contributed by atoms with Crippen LogP contribution in [0.1, 0.15) is 33.6 Å². The van der Waals surface area contributed by atoms with Gasteiger partial charge in [0.15, 0.2) is 5.78 Å². The molecule has 0 radical (unpaired) electrons. The number of carbonyl (C=O) groups excluding carboxylic acids is 1. The monoisotopic (exact) mass is 198 g/mol. The first-order chi connectivity index (χ1) is 6.40. The van der Waals surface area contributed by atoms with Crippen molar-refractivity contribution in [3.63, 3.8) is 0 Å². The van der Waals surface area contributed by atoms with E-state index < -0.39 is 6.10 Å². The summed E-state index contributed by atoms with van der Waals surface area (Å²) in [6.07, 6.45) is 0.114. The highest BCUT2D eigenvalue weighted by molar-refractivity contribution is 6.00. The van der Waals surface area contributed by atoms with Crippen molar-refractivity contribution < 1.29 is 15.0 Å². The molecule has 1 unspecified atom stereocenters. The second-order valence-electron chi connectivity index (χ2n) is 4.55. The fourth-order valence-corrected chi connectivity index (χ4v) is 2.24. The molecule has 14 heavy (non-hydrogen) atoms. The second-order valence-corrected chi connectivity index (χ2v) is 4.55. The lowest BCUT2D eigenvalue weighted by atomic mass is 9.70. The molecule has 1 atom stereocenters. The van der Waals surface area contributed by atoms with Crippen molar-refractivity contribution >= 4 is 5.78 Å². The Balaban J connectivity index is 3.10. The highest BCUT2D eigenvalue weighted by Gasteiger charge is 2.37. The maximum atomic E-state index is 11.5. The van der Waals surface area contributed by atoms with Crippen LogP contribution in [0.2, 0.25) is 0 Å². The van der Waals surface area contributed by atoms with Crippen molar-refractivity contribution in [3.8, 4) is 0 Å². The Morgan fingerprint density at radius 1 is 1.50 bits per heavy atom. The minimum absolute atomic E-state index is 0.0550. The van der Waals surface area contributed by atoms with Crippen LogP contribution in [-0.2, 0) is 4.79 Å². The highest BCUT2D eigenvalue weighted by Crippen LogP contribution is 2.40. The third-order valence-electron chi connectivity index (χ3n) is 3.01. The number of aliphatic hydroxyl groups is 2. The zero-order chi connectivity index (χ0) is 10.9. The van der Waals surface area contributed by atoms with Gasteiger partial charge in [-0.25, -0.2) is 0 Å². The molecule has 0 saturated carbocycles. The number of hydrogen-bond acceptors (Lipinski definition) is 3. The summed E-state index contributed by atoms with van der Waals surface area (Å²) in [4.78, 5) is 11.5. The maximum absolute atomic E-state index is 11.5. The molecule has 1 aliphatic rings. The first-order valence-corrected chi connectivity index (χ1v) is 4.93. The van der Waals surface area contributed by atoms with E-state index in [-0.39, 0.29) is 17.8 Å². The summed E-state index contributed by atoms with van der Waals surface area (Å²) in [5.74, 6) is -0.187. The van der Waals surface area contributed by atoms with Crippen LogP contribution in [0.4, 0.5) is 0 Å². The second kappa shape index (κ2) is 3.83. The van der Waals surface area contributed by atoms with Gasteiger partial charge in [-0.05, 0) is 30.8 Å². The van der Waals surface area contributed by atoms with Crippen LogP contribution in [0.5, 0.6) is 0 Å². The van der Waals surface area contributed by atoms with Crippen LogP contribution < -0.4 is 0 Å². The Morgan fingerprint density at radius 3 is 2.57 bits per heavy atom. The van der Waals surface area contributed by atoms with Crippen molar-refractivity contribution in [1.29, 1.82) is 0 Å². The minimum atomic E-state index is -0.868. The van der Waals surface area contributed by atoms with E-state index in [1.807, 2.05) is 13.8 Å². The smallest absolute Gasteiger partial charge is 0.186 e. The summed E-state index contributed by atoms with van der Waals surface area (Å²) in [6.45, 7) is 5.78. The van der Waals surface area contributed by atoms with Crippen molar-refractivity contribution in [2.75, 3.05) is 6.61 Å². The number of carbonyl (C=O) groups is 1. The van der Waals surface area contributed by atoms with Crippen LogP contribution in [0.15, 0.2) is 11.1 Å². The summed E-state index contributed by atoms with van der Waals surface area (Å²) < 4.78 is 0. The van der Waals surface area contributed by atoms with Gasteiger partial charge >= 0.3 is 0 Å². The van der Waals surface area contributed by atoms with Crippen LogP contribution >= 0.6 is 0 Å². The Kier molecular flexibility index (Phi) is 3.12. The first-order valence-electron chi connectivity index (χ1n) is 4.93. The topological polar surface area (TPSA) is 57.5 Å². The standard InChI is InChI=1S/C11H18O3/c1-7-8(4-5-12)11(2,3)6-9(13)10(7)14/h9,12-13H,4-6H2,1-3H3. The van der Waals surface area contributed by atoms with Crippen molar-refractivity contribution in [2.24, 2.45) is 5.41 Å². The minimum Gasteiger partial charge on any atom is -0.396 e. The van der Waals surface area contributed by atoms with E-state index in [9.17, 15) is 9.90 Å². The van der Waals surface area contributed by atoms with E-state index in [1.54, 1.807) is 6.92 Å². The van der Waals surface area contributed by atoms with E-state index >= 15 is 0 Å². The molecule has 0 aromatic heterocycles. The Hall–Kier alpha value is -0.670. The van der Waals surface area contributed by atoms with Crippen molar-refractivity contribution in [1.82, 2.24) is 0 Å². The van der Waals surface area contributed by atoms with E-state index in [0.717, 1.165) is 5.57 Å². The number of aliphatic hydroxyl groups excluding tert-OH is 2. The summed E-state index contributed by atoms with van der Waals surface area (Å²) in [5.41, 5.74) is 1.43. The van der Waals surface area contributed by atoms with Gasteiger partial charge in [-0.15, -0.1) is 0 Å². The average molecular weight is 198 g/mol. The molecule has 3 nitrogen and oxygen atoms in total. The summed E-state index contributed by atoms with van der Waals surface area (Å²) in [5, 5.41) is 18.4. The van der Waals surface area contributed by atoms with E-state index in [0.29, 0.717) is 18.4 Å². The van der Waals surface area contributed by atoms with Gasteiger partial charge in [0.2, 0.25) is 0 Å². The molecular formula is C11H18O3. The number of rotatable bonds is 2. The summed E-state index contributed by atoms with van der Waals surface area (Å²) in [6, 6.07) is 0. The van der Waals surface area contributed by atoms with Crippen LogP contribution in [0.25, 0.3) is 0 Å². The van der Waals surface area contributed by atoms with Gasteiger partial charge in [0.05, 0.1) is 0 Å². The molecule has 2 N–H and O–H groups in total. The normalized spacial score (nSPS) is 26.9. The lowest BCUT2D eigenvalue weighted by Gasteiger charge is -2.36. The quantitative estimate of drug-likeness (QED) is 0.697. The number of Topliss-reactive ketones (excluding diaryl/α,β-unsaturated/α-hetero) is 1.